The van der Waals surface area contributed by atoms with E-state index in [1.54, 1.807) is 4.68 Å². The molecule has 6 heteroatoms. The number of rotatable bonds is 7. The number of likely N-dealkylation sites (N-methyl/N-ethyl adjacent to an activating group) is 1. The van der Waals surface area contributed by atoms with Gasteiger partial charge in [0.1, 0.15) is 12.4 Å². The summed E-state index contributed by atoms with van der Waals surface area (Å²) in [5.74, 6) is 0.695. The molecule has 1 saturated heterocycles. The van der Waals surface area contributed by atoms with Gasteiger partial charge in [-0.2, -0.15) is 5.10 Å². The number of anilines is 2. The van der Waals surface area contributed by atoms with Gasteiger partial charge in [0, 0.05) is 30.4 Å². The van der Waals surface area contributed by atoms with Crippen molar-refractivity contribution >= 4 is 17.4 Å². The summed E-state index contributed by atoms with van der Waals surface area (Å²) >= 11 is 0. The Kier molecular flexibility index (Phi) is 6.67. The van der Waals surface area contributed by atoms with Crippen LogP contribution in [0, 0.1) is 6.92 Å². The number of carbonyl (C=O) groups excluding carboxylic acids is 1. The number of amides is 1. The van der Waals surface area contributed by atoms with Gasteiger partial charge in [0.15, 0.2) is 6.54 Å². The largest absolute Gasteiger partial charge is 0.371 e. The van der Waals surface area contributed by atoms with Crippen molar-refractivity contribution in [3.8, 4) is 5.69 Å². The number of carbonyl (C=O) groups is 1. The lowest BCUT2D eigenvalue weighted by Crippen LogP contribution is -3.08. The van der Waals surface area contributed by atoms with Gasteiger partial charge in [0.05, 0.1) is 18.4 Å². The third-order valence-electron chi connectivity index (χ3n) is 5.74. The van der Waals surface area contributed by atoms with Crippen molar-refractivity contribution in [3.63, 3.8) is 0 Å². The summed E-state index contributed by atoms with van der Waals surface area (Å²) < 4.78 is 1.79. The van der Waals surface area contributed by atoms with E-state index >= 15 is 0 Å². The number of hydrogen-bond donors (Lipinski definition) is 2. The summed E-state index contributed by atoms with van der Waals surface area (Å²) in [4.78, 5) is 16.5. The number of aryl methyl sites for hydroxylation is 1. The van der Waals surface area contributed by atoms with Crippen molar-refractivity contribution in [2.45, 2.75) is 32.7 Å². The number of nitrogens with zero attached hydrogens (tertiary/aromatic N) is 3. The van der Waals surface area contributed by atoms with Crippen LogP contribution in [-0.4, -0.2) is 42.4 Å². The molecule has 31 heavy (non-hydrogen) atoms. The molecule has 162 valence electrons. The van der Waals surface area contributed by atoms with Gasteiger partial charge in [-0.25, -0.2) is 4.68 Å². The Morgan fingerprint density at radius 1 is 1.03 bits per heavy atom. The smallest absolute Gasteiger partial charge is 0.280 e. The second-order valence-electron chi connectivity index (χ2n) is 8.45. The Bertz CT molecular complexity index is 1010. The molecule has 4 rings (SSSR count). The number of nitrogens with one attached hydrogen (secondary N) is 2. The summed E-state index contributed by atoms with van der Waals surface area (Å²) in [6, 6.07) is 20.4. The third-order valence-corrected chi connectivity index (χ3v) is 5.74. The molecule has 0 saturated carbocycles. The summed E-state index contributed by atoms with van der Waals surface area (Å²) in [6.45, 7) is 5.40. The minimum absolute atomic E-state index is 0.00923. The molecule has 1 aromatic heterocycles. The van der Waals surface area contributed by atoms with Crippen LogP contribution in [0.5, 0.6) is 0 Å². The number of benzene rings is 2. The molecule has 1 amide bonds. The highest BCUT2D eigenvalue weighted by Gasteiger charge is 2.18. The van der Waals surface area contributed by atoms with Crippen LogP contribution >= 0.6 is 0 Å². The van der Waals surface area contributed by atoms with E-state index in [1.165, 1.54) is 30.5 Å². The van der Waals surface area contributed by atoms with E-state index in [1.807, 2.05) is 43.3 Å². The van der Waals surface area contributed by atoms with Crippen LogP contribution in [0.15, 0.2) is 60.7 Å². The molecule has 6 nitrogen and oxygen atoms in total. The topological polar surface area (TPSA) is 54.6 Å². The minimum Gasteiger partial charge on any atom is -0.371 e. The van der Waals surface area contributed by atoms with Crippen LogP contribution in [0.2, 0.25) is 0 Å². The number of quaternary nitrogens is 1. The van der Waals surface area contributed by atoms with Crippen LogP contribution in [0.1, 0.15) is 30.5 Å². The first kappa shape index (κ1) is 21.1. The van der Waals surface area contributed by atoms with E-state index in [0.717, 1.165) is 35.9 Å². The lowest BCUT2D eigenvalue weighted by atomic mass is 10.1. The predicted octanol–water partition coefficient (Wildman–Crippen LogP) is 2.82. The van der Waals surface area contributed by atoms with Crippen molar-refractivity contribution in [1.29, 1.82) is 0 Å². The summed E-state index contributed by atoms with van der Waals surface area (Å²) in [5.41, 5.74) is 4.43. The van der Waals surface area contributed by atoms with E-state index in [4.69, 9.17) is 0 Å². The lowest BCUT2D eigenvalue weighted by molar-refractivity contribution is -0.885. The van der Waals surface area contributed by atoms with Gasteiger partial charge in [-0.3, -0.25) is 4.79 Å². The predicted molar refractivity (Wildman–Crippen MR) is 125 cm³/mol. The quantitative estimate of drug-likeness (QED) is 0.620. The summed E-state index contributed by atoms with van der Waals surface area (Å²) in [5, 5.41) is 7.59. The molecule has 3 aromatic rings. The van der Waals surface area contributed by atoms with Crippen molar-refractivity contribution in [2.75, 3.05) is 36.9 Å². The van der Waals surface area contributed by atoms with Crippen molar-refractivity contribution in [2.24, 2.45) is 0 Å². The standard InChI is InChI=1S/C25H31N5O/c1-20-17-24(30(27-20)22-12-5-3-6-13-22)26-25(31)19-28(2)18-21-11-7-8-14-23(21)29-15-9-4-10-16-29/h3,5-8,11-14,17H,4,9-10,15-16,18-19H2,1-2H3,(H,26,31)/p+1. The molecule has 0 bridgehead atoms. The second-order valence-corrected chi connectivity index (χ2v) is 8.45. The Balaban J connectivity index is 1.41. The molecule has 2 N–H and O–H groups in total. The number of hydrogen-bond acceptors (Lipinski definition) is 3. The van der Waals surface area contributed by atoms with Gasteiger partial charge in [-0.15, -0.1) is 0 Å². The molecular weight excluding hydrogens is 386 g/mol. The van der Waals surface area contributed by atoms with Gasteiger partial charge < -0.3 is 15.1 Å². The highest BCUT2D eigenvalue weighted by molar-refractivity contribution is 5.91. The molecule has 1 unspecified atom stereocenters. The van der Waals surface area contributed by atoms with Gasteiger partial charge in [-0.05, 0) is 44.4 Å². The van der Waals surface area contributed by atoms with Crippen LogP contribution in [-0.2, 0) is 11.3 Å². The van der Waals surface area contributed by atoms with E-state index < -0.39 is 0 Å². The molecular formula is C25H32N5O+. The Labute approximate surface area is 184 Å². The minimum atomic E-state index is -0.00923. The number of piperidine rings is 1. The van der Waals surface area contributed by atoms with Crippen LogP contribution in [0.25, 0.3) is 5.69 Å². The molecule has 0 aliphatic carbocycles. The normalized spacial score (nSPS) is 15.0. The average molecular weight is 419 g/mol. The zero-order chi connectivity index (χ0) is 21.6. The Morgan fingerprint density at radius 2 is 1.74 bits per heavy atom. The van der Waals surface area contributed by atoms with E-state index in [2.05, 4.69) is 46.6 Å². The maximum atomic E-state index is 12.8. The highest BCUT2D eigenvalue weighted by Crippen LogP contribution is 2.23. The van der Waals surface area contributed by atoms with Gasteiger partial charge >= 0.3 is 0 Å². The second kappa shape index (κ2) is 9.79. The fourth-order valence-electron chi connectivity index (χ4n) is 4.31. The van der Waals surface area contributed by atoms with Crippen molar-refractivity contribution in [1.82, 2.24) is 9.78 Å². The lowest BCUT2D eigenvalue weighted by Gasteiger charge is -2.31. The fraction of sp³-hybridized carbons (Fsp3) is 0.360. The zero-order valence-electron chi connectivity index (χ0n) is 18.5. The molecule has 1 aliphatic heterocycles. The van der Waals surface area contributed by atoms with Crippen molar-refractivity contribution in [3.05, 3.63) is 71.9 Å². The maximum absolute atomic E-state index is 12.8. The molecule has 2 aromatic carbocycles. The Hall–Kier alpha value is -3.12. The molecule has 1 atom stereocenters. The summed E-state index contributed by atoms with van der Waals surface area (Å²) in [7, 11) is 2.08. The fourth-order valence-corrected chi connectivity index (χ4v) is 4.31. The molecule has 1 fully saturated rings. The first-order valence-electron chi connectivity index (χ1n) is 11.2. The molecule has 2 heterocycles. The van der Waals surface area contributed by atoms with Crippen LogP contribution in [0.3, 0.4) is 0 Å². The maximum Gasteiger partial charge on any atom is 0.280 e. The van der Waals surface area contributed by atoms with Crippen molar-refractivity contribution < 1.29 is 9.69 Å². The molecule has 1 aliphatic rings. The first-order valence-corrected chi connectivity index (χ1v) is 11.2. The Morgan fingerprint density at radius 3 is 2.52 bits per heavy atom. The third kappa shape index (κ3) is 5.33. The zero-order valence-corrected chi connectivity index (χ0v) is 18.5. The molecule has 0 radical (unpaired) electrons. The summed E-state index contributed by atoms with van der Waals surface area (Å²) in [6.07, 6.45) is 3.84. The monoisotopic (exact) mass is 418 g/mol. The van der Waals surface area contributed by atoms with Gasteiger partial charge in [-0.1, -0.05) is 36.4 Å². The highest BCUT2D eigenvalue weighted by atomic mass is 16.2. The average Bonchev–Trinajstić information content (AvgIpc) is 3.15. The SMILES string of the molecule is Cc1cc(NC(=O)C[NH+](C)Cc2ccccc2N2CCCCC2)n(-c2ccccc2)n1. The van der Waals surface area contributed by atoms with Crippen LogP contribution in [0.4, 0.5) is 11.5 Å². The van der Waals surface area contributed by atoms with Gasteiger partial charge in [0.2, 0.25) is 0 Å². The van der Waals surface area contributed by atoms with Gasteiger partial charge in [0.25, 0.3) is 5.91 Å². The number of para-hydroxylation sites is 2. The first-order chi connectivity index (χ1) is 15.1. The van der Waals surface area contributed by atoms with E-state index in [-0.39, 0.29) is 5.91 Å². The van der Waals surface area contributed by atoms with Crippen LogP contribution < -0.4 is 15.1 Å². The molecule has 0 spiro atoms. The van der Waals surface area contributed by atoms with E-state index in [9.17, 15) is 4.79 Å². The number of aromatic nitrogens is 2. The van der Waals surface area contributed by atoms with E-state index in [0.29, 0.717) is 12.4 Å².